The zero-order valence-electron chi connectivity index (χ0n) is 13.0. The molecule has 0 radical (unpaired) electrons. The Balaban J connectivity index is 2.29. The zero-order valence-corrected chi connectivity index (χ0v) is 13.0. The van der Waals surface area contributed by atoms with Gasteiger partial charge in [0.25, 0.3) is 0 Å². The molecule has 108 valence electrons. The van der Waals surface area contributed by atoms with Gasteiger partial charge in [0.05, 0.1) is 0 Å². The fourth-order valence-corrected chi connectivity index (χ4v) is 2.92. The smallest absolute Gasteiger partial charge is 0.00952 e. The topological polar surface area (TPSA) is 15.3 Å². The number of nitrogens with one attached hydrogen (secondary N) is 1. The van der Waals surface area contributed by atoms with Gasteiger partial charge in [-0.2, -0.15) is 0 Å². The van der Waals surface area contributed by atoms with Crippen LogP contribution in [0.25, 0.3) is 0 Å². The van der Waals surface area contributed by atoms with Crippen LogP contribution in [0.1, 0.15) is 65.7 Å². The summed E-state index contributed by atoms with van der Waals surface area (Å²) in [4.78, 5) is 2.79. The molecular formula is C16H34N2. The van der Waals surface area contributed by atoms with Gasteiger partial charge in [0.15, 0.2) is 0 Å². The van der Waals surface area contributed by atoms with Crippen molar-refractivity contribution in [1.82, 2.24) is 10.2 Å². The fourth-order valence-electron chi connectivity index (χ4n) is 2.92. The van der Waals surface area contributed by atoms with E-state index >= 15 is 0 Å². The lowest BCUT2D eigenvalue weighted by Crippen LogP contribution is -2.36. The van der Waals surface area contributed by atoms with E-state index in [4.69, 9.17) is 0 Å². The van der Waals surface area contributed by atoms with E-state index in [9.17, 15) is 0 Å². The predicted molar refractivity (Wildman–Crippen MR) is 81.0 cm³/mol. The van der Waals surface area contributed by atoms with Crippen molar-refractivity contribution in [3.05, 3.63) is 0 Å². The summed E-state index contributed by atoms with van der Waals surface area (Å²) >= 11 is 0. The van der Waals surface area contributed by atoms with Crippen molar-refractivity contribution in [2.24, 2.45) is 5.92 Å². The molecule has 1 saturated carbocycles. The molecule has 1 rings (SSSR count). The van der Waals surface area contributed by atoms with Crippen molar-refractivity contribution in [2.75, 3.05) is 20.1 Å². The summed E-state index contributed by atoms with van der Waals surface area (Å²) < 4.78 is 0. The third-order valence-electron chi connectivity index (χ3n) is 4.41. The van der Waals surface area contributed by atoms with Crippen LogP contribution in [0.5, 0.6) is 0 Å². The molecule has 0 aromatic rings. The average molecular weight is 254 g/mol. The number of nitrogens with zero attached hydrogens (tertiary/aromatic N) is 1. The monoisotopic (exact) mass is 254 g/mol. The van der Waals surface area contributed by atoms with Gasteiger partial charge >= 0.3 is 0 Å². The minimum Gasteiger partial charge on any atom is -0.317 e. The Kier molecular flexibility index (Phi) is 7.92. The Hall–Kier alpha value is -0.0800. The Labute approximate surface area is 115 Å². The molecule has 0 bridgehead atoms. The summed E-state index contributed by atoms with van der Waals surface area (Å²) in [6, 6.07) is 1.56. The average Bonchev–Trinajstić information content (AvgIpc) is 2.86. The van der Waals surface area contributed by atoms with Gasteiger partial charge in [0, 0.05) is 12.1 Å². The second-order valence-corrected chi connectivity index (χ2v) is 6.49. The van der Waals surface area contributed by atoms with Crippen LogP contribution in [0.15, 0.2) is 0 Å². The number of hydrogen-bond acceptors (Lipinski definition) is 2. The first-order valence-corrected chi connectivity index (χ1v) is 8.04. The molecule has 0 amide bonds. The van der Waals surface area contributed by atoms with Gasteiger partial charge in [0.2, 0.25) is 0 Å². The Morgan fingerprint density at radius 1 is 1.06 bits per heavy atom. The molecule has 1 fully saturated rings. The fraction of sp³-hybridized carbons (Fsp3) is 1.00. The van der Waals surface area contributed by atoms with Gasteiger partial charge in [0.1, 0.15) is 0 Å². The first-order chi connectivity index (χ1) is 8.63. The summed E-state index contributed by atoms with van der Waals surface area (Å²) in [5, 5.41) is 3.34. The molecule has 1 aliphatic carbocycles. The molecule has 0 spiro atoms. The Morgan fingerprint density at radius 3 is 2.28 bits per heavy atom. The first-order valence-electron chi connectivity index (χ1n) is 8.04. The second-order valence-electron chi connectivity index (χ2n) is 6.49. The number of rotatable bonds is 9. The maximum Gasteiger partial charge on any atom is 0.00952 e. The predicted octanol–water partition coefficient (Wildman–Crippen LogP) is 3.67. The van der Waals surface area contributed by atoms with Crippen molar-refractivity contribution in [1.29, 1.82) is 0 Å². The van der Waals surface area contributed by atoms with E-state index in [2.05, 4.69) is 38.0 Å². The summed E-state index contributed by atoms with van der Waals surface area (Å²) in [5.41, 5.74) is 0. The van der Waals surface area contributed by atoms with Crippen LogP contribution in [0, 0.1) is 5.92 Å². The lowest BCUT2D eigenvalue weighted by molar-refractivity contribution is 0.183. The van der Waals surface area contributed by atoms with E-state index in [1.807, 2.05) is 0 Å². The molecule has 0 aromatic heterocycles. The van der Waals surface area contributed by atoms with Crippen LogP contribution in [-0.4, -0.2) is 37.1 Å². The maximum atomic E-state index is 3.34. The van der Waals surface area contributed by atoms with E-state index in [0.717, 1.165) is 12.0 Å². The molecule has 1 unspecified atom stereocenters. The number of hydrogen-bond donors (Lipinski definition) is 1. The van der Waals surface area contributed by atoms with E-state index in [1.165, 1.54) is 58.0 Å². The first kappa shape index (κ1) is 16.0. The Bertz CT molecular complexity index is 197. The summed E-state index contributed by atoms with van der Waals surface area (Å²) in [7, 11) is 2.07. The molecule has 0 heterocycles. The van der Waals surface area contributed by atoms with E-state index in [1.54, 1.807) is 0 Å². The molecular weight excluding hydrogens is 220 g/mol. The zero-order chi connectivity index (χ0) is 13.4. The van der Waals surface area contributed by atoms with Crippen molar-refractivity contribution >= 4 is 0 Å². The quantitative estimate of drug-likeness (QED) is 0.675. The highest BCUT2D eigenvalue weighted by molar-refractivity contribution is 4.78. The van der Waals surface area contributed by atoms with Gasteiger partial charge in [-0.3, -0.25) is 0 Å². The Morgan fingerprint density at radius 2 is 1.72 bits per heavy atom. The summed E-state index contributed by atoms with van der Waals surface area (Å²) in [6.07, 6.45) is 9.81. The normalized spacial score (nSPS) is 19.0. The molecule has 2 heteroatoms. The molecule has 2 nitrogen and oxygen atoms in total. The molecule has 18 heavy (non-hydrogen) atoms. The molecule has 0 saturated heterocycles. The van der Waals surface area contributed by atoms with E-state index < -0.39 is 0 Å². The molecule has 1 N–H and O–H groups in total. The van der Waals surface area contributed by atoms with Gasteiger partial charge in [-0.1, -0.05) is 26.7 Å². The standard InChI is InChI=1S/C16H34N2/c1-14(2)11-13-18(16-9-5-6-10-16)12-7-8-15(3)17-4/h14-17H,5-13H2,1-4H3. The molecule has 0 aliphatic heterocycles. The maximum absolute atomic E-state index is 3.34. The SMILES string of the molecule is CNC(C)CCCN(CCC(C)C)C1CCCC1. The largest absolute Gasteiger partial charge is 0.317 e. The van der Waals surface area contributed by atoms with Crippen molar-refractivity contribution in [3.63, 3.8) is 0 Å². The lowest BCUT2D eigenvalue weighted by atomic mass is 10.1. The second kappa shape index (κ2) is 8.92. The highest BCUT2D eigenvalue weighted by Crippen LogP contribution is 2.24. The van der Waals surface area contributed by atoms with E-state index in [0.29, 0.717) is 6.04 Å². The minimum absolute atomic E-state index is 0.667. The van der Waals surface area contributed by atoms with Crippen LogP contribution in [0.4, 0.5) is 0 Å². The van der Waals surface area contributed by atoms with Gasteiger partial charge < -0.3 is 10.2 Å². The van der Waals surface area contributed by atoms with Gasteiger partial charge in [-0.15, -0.1) is 0 Å². The van der Waals surface area contributed by atoms with Gasteiger partial charge in [-0.25, -0.2) is 0 Å². The van der Waals surface area contributed by atoms with Crippen LogP contribution >= 0.6 is 0 Å². The van der Waals surface area contributed by atoms with Gasteiger partial charge in [-0.05, 0) is 65.1 Å². The van der Waals surface area contributed by atoms with Crippen LogP contribution in [0.2, 0.25) is 0 Å². The third kappa shape index (κ3) is 6.19. The summed E-state index contributed by atoms with van der Waals surface area (Å²) in [5.74, 6) is 0.838. The van der Waals surface area contributed by atoms with Crippen LogP contribution < -0.4 is 5.32 Å². The highest BCUT2D eigenvalue weighted by atomic mass is 15.2. The minimum atomic E-state index is 0.667. The lowest BCUT2D eigenvalue weighted by Gasteiger charge is -2.30. The third-order valence-corrected chi connectivity index (χ3v) is 4.41. The van der Waals surface area contributed by atoms with Crippen LogP contribution in [-0.2, 0) is 0 Å². The molecule has 1 aliphatic rings. The van der Waals surface area contributed by atoms with E-state index in [-0.39, 0.29) is 0 Å². The van der Waals surface area contributed by atoms with Crippen LogP contribution in [0.3, 0.4) is 0 Å². The molecule has 0 aromatic carbocycles. The van der Waals surface area contributed by atoms with Crippen molar-refractivity contribution in [3.8, 4) is 0 Å². The summed E-state index contributed by atoms with van der Waals surface area (Å²) in [6.45, 7) is 9.60. The van der Waals surface area contributed by atoms with Crippen molar-refractivity contribution < 1.29 is 0 Å². The highest BCUT2D eigenvalue weighted by Gasteiger charge is 2.22. The molecule has 1 atom stereocenters. The van der Waals surface area contributed by atoms with Crippen molar-refractivity contribution in [2.45, 2.75) is 77.8 Å².